The van der Waals surface area contributed by atoms with Crippen LogP contribution >= 0.6 is 0 Å². The van der Waals surface area contributed by atoms with Crippen molar-refractivity contribution in [3.05, 3.63) is 83.0 Å². The Balaban J connectivity index is 1.33. The van der Waals surface area contributed by atoms with Gasteiger partial charge in [0.15, 0.2) is 6.61 Å². The van der Waals surface area contributed by atoms with Gasteiger partial charge in [-0.3, -0.25) is 14.3 Å². The summed E-state index contributed by atoms with van der Waals surface area (Å²) in [5.74, 6) is 1.29. The SMILES string of the molecule is CC(C)n1cnc2nc(COc3ccc(NC(=O)COc4ccccc4)cc3)cc(=O)n21. The number of carbonyl (C=O) groups excluding carboxylic acids is 1. The van der Waals surface area contributed by atoms with Crippen molar-refractivity contribution in [3.8, 4) is 11.5 Å². The molecule has 0 radical (unpaired) electrons. The van der Waals surface area contributed by atoms with Crippen LogP contribution in [-0.4, -0.2) is 31.7 Å². The van der Waals surface area contributed by atoms with Crippen molar-refractivity contribution in [2.24, 2.45) is 0 Å². The Morgan fingerprint density at radius 3 is 2.47 bits per heavy atom. The lowest BCUT2D eigenvalue weighted by atomic mass is 10.3. The number of hydrogen-bond acceptors (Lipinski definition) is 6. The summed E-state index contributed by atoms with van der Waals surface area (Å²) < 4.78 is 14.3. The van der Waals surface area contributed by atoms with Crippen molar-refractivity contribution in [2.45, 2.75) is 26.5 Å². The van der Waals surface area contributed by atoms with Crippen molar-refractivity contribution in [1.82, 2.24) is 19.2 Å². The highest BCUT2D eigenvalue weighted by Crippen LogP contribution is 2.17. The number of fused-ring (bicyclic) bond motifs is 1. The molecule has 0 saturated carbocycles. The number of anilines is 1. The predicted octanol–water partition coefficient (Wildman–Crippen LogP) is 3.07. The number of para-hydroxylation sites is 1. The second-order valence-electron chi connectivity index (χ2n) is 7.38. The maximum atomic E-state index is 12.4. The van der Waals surface area contributed by atoms with Gasteiger partial charge in [-0.2, -0.15) is 9.50 Å². The molecule has 0 atom stereocenters. The number of nitrogens with one attached hydrogen (secondary N) is 1. The fourth-order valence-electron chi connectivity index (χ4n) is 3.07. The highest BCUT2D eigenvalue weighted by atomic mass is 16.5. The number of carbonyl (C=O) groups is 1. The Hall–Kier alpha value is -4.14. The normalized spacial score (nSPS) is 11.0. The first-order chi connectivity index (χ1) is 15.5. The van der Waals surface area contributed by atoms with Crippen molar-refractivity contribution in [1.29, 1.82) is 0 Å². The molecule has 0 fully saturated rings. The van der Waals surface area contributed by atoms with Crippen LogP contribution in [0.2, 0.25) is 0 Å². The molecule has 32 heavy (non-hydrogen) atoms. The Bertz CT molecular complexity index is 1260. The monoisotopic (exact) mass is 433 g/mol. The molecule has 1 amide bonds. The summed E-state index contributed by atoms with van der Waals surface area (Å²) in [6.45, 7) is 3.97. The summed E-state index contributed by atoms with van der Waals surface area (Å²) in [7, 11) is 0. The fraction of sp³-hybridized carbons (Fsp3) is 0.217. The minimum Gasteiger partial charge on any atom is -0.487 e. The highest BCUT2D eigenvalue weighted by Gasteiger charge is 2.11. The van der Waals surface area contributed by atoms with Crippen LogP contribution in [0.3, 0.4) is 0 Å². The number of amides is 1. The van der Waals surface area contributed by atoms with E-state index in [0.717, 1.165) is 0 Å². The molecule has 0 spiro atoms. The molecule has 9 nitrogen and oxygen atoms in total. The van der Waals surface area contributed by atoms with Gasteiger partial charge in [0.25, 0.3) is 17.2 Å². The van der Waals surface area contributed by atoms with Crippen LogP contribution in [0.25, 0.3) is 5.78 Å². The number of ether oxygens (including phenoxy) is 2. The van der Waals surface area contributed by atoms with E-state index in [9.17, 15) is 9.59 Å². The number of rotatable bonds is 8. The van der Waals surface area contributed by atoms with E-state index in [-0.39, 0.29) is 30.7 Å². The summed E-state index contributed by atoms with van der Waals surface area (Å²) in [5.41, 5.74) is 0.894. The van der Waals surface area contributed by atoms with E-state index >= 15 is 0 Å². The lowest BCUT2D eigenvalue weighted by Gasteiger charge is -2.10. The first-order valence-corrected chi connectivity index (χ1v) is 10.2. The maximum absolute atomic E-state index is 12.4. The zero-order valence-electron chi connectivity index (χ0n) is 17.8. The van der Waals surface area contributed by atoms with Crippen LogP contribution < -0.4 is 20.3 Å². The van der Waals surface area contributed by atoms with Crippen LogP contribution in [-0.2, 0) is 11.4 Å². The minimum atomic E-state index is -0.263. The predicted molar refractivity (Wildman–Crippen MR) is 119 cm³/mol. The fourth-order valence-corrected chi connectivity index (χ4v) is 3.07. The first-order valence-electron chi connectivity index (χ1n) is 10.2. The average Bonchev–Trinajstić information content (AvgIpc) is 3.23. The van der Waals surface area contributed by atoms with Gasteiger partial charge in [-0.15, -0.1) is 0 Å². The topological polar surface area (TPSA) is 99.8 Å². The van der Waals surface area contributed by atoms with Crippen LogP contribution in [0.4, 0.5) is 5.69 Å². The molecular formula is C23H23N5O4. The second kappa shape index (κ2) is 9.34. The largest absolute Gasteiger partial charge is 0.487 e. The van der Waals surface area contributed by atoms with Crippen molar-refractivity contribution in [3.63, 3.8) is 0 Å². The quantitative estimate of drug-likeness (QED) is 0.458. The minimum absolute atomic E-state index is 0.0848. The third kappa shape index (κ3) is 4.94. The lowest BCUT2D eigenvalue weighted by molar-refractivity contribution is -0.118. The summed E-state index contributed by atoms with van der Waals surface area (Å²) >= 11 is 0. The average molecular weight is 433 g/mol. The number of hydrogen-bond donors (Lipinski definition) is 1. The molecule has 4 rings (SSSR count). The van der Waals surface area contributed by atoms with Gasteiger partial charge in [-0.05, 0) is 50.2 Å². The molecule has 0 aliphatic rings. The summed E-state index contributed by atoms with van der Waals surface area (Å²) in [5, 5.41) is 2.77. The first kappa shape index (κ1) is 21.1. The number of benzene rings is 2. The molecule has 0 saturated heterocycles. The molecule has 0 aliphatic carbocycles. The molecule has 0 aliphatic heterocycles. The molecular weight excluding hydrogens is 410 g/mol. The summed E-state index contributed by atoms with van der Waals surface area (Å²) in [4.78, 5) is 33.1. The van der Waals surface area contributed by atoms with Crippen molar-refractivity contribution >= 4 is 17.4 Å². The smallest absolute Gasteiger partial charge is 0.274 e. The Labute approximate surface area is 184 Å². The molecule has 0 unspecified atom stereocenters. The van der Waals surface area contributed by atoms with E-state index < -0.39 is 0 Å². The Kier molecular flexibility index (Phi) is 6.16. The number of nitrogens with zero attached hydrogens (tertiary/aromatic N) is 4. The highest BCUT2D eigenvalue weighted by molar-refractivity contribution is 5.91. The molecule has 2 heterocycles. The Morgan fingerprint density at radius 2 is 1.75 bits per heavy atom. The maximum Gasteiger partial charge on any atom is 0.274 e. The zero-order chi connectivity index (χ0) is 22.5. The van der Waals surface area contributed by atoms with Crippen LogP contribution in [0.1, 0.15) is 25.6 Å². The van der Waals surface area contributed by atoms with Crippen LogP contribution in [0.5, 0.6) is 11.5 Å². The van der Waals surface area contributed by atoms with E-state index in [1.54, 1.807) is 47.4 Å². The summed E-state index contributed by atoms with van der Waals surface area (Å²) in [6, 6.07) is 17.6. The molecule has 2 aromatic heterocycles. The van der Waals surface area contributed by atoms with Crippen LogP contribution in [0, 0.1) is 0 Å². The van der Waals surface area contributed by atoms with Gasteiger partial charge in [0.1, 0.15) is 24.4 Å². The molecule has 4 aromatic rings. The molecule has 1 N–H and O–H groups in total. The van der Waals surface area contributed by atoms with E-state index in [1.165, 1.54) is 10.6 Å². The van der Waals surface area contributed by atoms with Gasteiger partial charge < -0.3 is 14.8 Å². The van der Waals surface area contributed by atoms with Crippen LogP contribution in [0.15, 0.2) is 71.8 Å². The van der Waals surface area contributed by atoms with Gasteiger partial charge >= 0.3 is 0 Å². The van der Waals surface area contributed by atoms with Gasteiger partial charge in [0.2, 0.25) is 0 Å². The van der Waals surface area contributed by atoms with Gasteiger partial charge in [-0.1, -0.05) is 18.2 Å². The van der Waals surface area contributed by atoms with E-state index in [0.29, 0.717) is 28.7 Å². The van der Waals surface area contributed by atoms with Gasteiger partial charge in [0.05, 0.1) is 5.69 Å². The molecule has 164 valence electrons. The van der Waals surface area contributed by atoms with Crippen molar-refractivity contribution in [2.75, 3.05) is 11.9 Å². The van der Waals surface area contributed by atoms with E-state index in [4.69, 9.17) is 9.47 Å². The third-order valence-corrected chi connectivity index (χ3v) is 4.62. The second-order valence-corrected chi connectivity index (χ2v) is 7.38. The molecule has 2 aromatic carbocycles. The van der Waals surface area contributed by atoms with E-state index in [2.05, 4.69) is 15.3 Å². The third-order valence-electron chi connectivity index (χ3n) is 4.62. The lowest BCUT2D eigenvalue weighted by Crippen LogP contribution is -2.23. The standard InChI is InChI=1S/C23H23N5O4/c1-16(2)27-15-24-23-26-18(12-22(30)28(23)27)13-31-20-10-8-17(9-11-20)25-21(29)14-32-19-6-4-3-5-7-19/h3-12,15-16H,13-14H2,1-2H3,(H,25,29). The zero-order valence-corrected chi connectivity index (χ0v) is 17.8. The van der Waals surface area contributed by atoms with E-state index in [1.807, 2.05) is 32.0 Å². The van der Waals surface area contributed by atoms with Crippen molar-refractivity contribution < 1.29 is 14.3 Å². The van der Waals surface area contributed by atoms with Gasteiger partial charge in [0, 0.05) is 17.8 Å². The summed E-state index contributed by atoms with van der Waals surface area (Å²) in [6.07, 6.45) is 1.59. The molecule has 0 bridgehead atoms. The number of aromatic nitrogens is 4. The molecule has 9 heteroatoms. The van der Waals surface area contributed by atoms with Gasteiger partial charge in [-0.25, -0.2) is 4.98 Å². The Morgan fingerprint density at radius 1 is 1.03 bits per heavy atom.